The molecule has 2 atom stereocenters. The van der Waals surface area contributed by atoms with Gasteiger partial charge in [-0.25, -0.2) is 0 Å². The molecule has 1 saturated heterocycles. The average Bonchev–Trinajstić information content (AvgIpc) is 2.46. The first-order valence-corrected chi connectivity index (χ1v) is 6.87. The van der Waals surface area contributed by atoms with E-state index in [1.165, 1.54) is 5.56 Å². The second-order valence-corrected chi connectivity index (χ2v) is 4.92. The van der Waals surface area contributed by atoms with E-state index in [0.717, 1.165) is 32.4 Å². The van der Waals surface area contributed by atoms with Crippen LogP contribution in [0.4, 0.5) is 0 Å². The maximum absolute atomic E-state index is 12.2. The molecule has 1 aromatic rings. The predicted molar refractivity (Wildman–Crippen MR) is 80.5 cm³/mol. The molecule has 1 amide bonds. The van der Waals surface area contributed by atoms with Crippen LogP contribution >= 0.6 is 12.4 Å². The molecular formula is C15H23ClN2O. The summed E-state index contributed by atoms with van der Waals surface area (Å²) < 4.78 is 0. The van der Waals surface area contributed by atoms with Gasteiger partial charge in [-0.15, -0.1) is 12.4 Å². The standard InChI is InChI=1S/C15H22N2O.ClH/c1-2-14(12-7-4-3-5-8-12)17-15(18)13-9-6-10-16-11-13;/h3-5,7-8,13-14,16H,2,6,9-11H2,1H3,(H,17,18);1H. The molecule has 4 heteroatoms. The van der Waals surface area contributed by atoms with Crippen LogP contribution in [0.2, 0.25) is 0 Å². The lowest BCUT2D eigenvalue weighted by Crippen LogP contribution is -2.41. The van der Waals surface area contributed by atoms with E-state index in [0.29, 0.717) is 0 Å². The van der Waals surface area contributed by atoms with Crippen molar-refractivity contribution in [2.24, 2.45) is 5.92 Å². The van der Waals surface area contributed by atoms with E-state index < -0.39 is 0 Å². The van der Waals surface area contributed by atoms with Crippen LogP contribution in [0.5, 0.6) is 0 Å². The van der Waals surface area contributed by atoms with Crippen molar-refractivity contribution in [2.75, 3.05) is 13.1 Å². The molecule has 0 spiro atoms. The van der Waals surface area contributed by atoms with Gasteiger partial charge in [0.25, 0.3) is 0 Å². The summed E-state index contributed by atoms with van der Waals surface area (Å²) in [5.74, 6) is 0.328. The minimum Gasteiger partial charge on any atom is -0.349 e. The van der Waals surface area contributed by atoms with Gasteiger partial charge in [0, 0.05) is 6.54 Å². The zero-order valence-electron chi connectivity index (χ0n) is 11.4. The van der Waals surface area contributed by atoms with Gasteiger partial charge in [-0.3, -0.25) is 4.79 Å². The van der Waals surface area contributed by atoms with E-state index in [1.54, 1.807) is 0 Å². The molecule has 0 saturated carbocycles. The minimum absolute atomic E-state index is 0. The maximum Gasteiger partial charge on any atom is 0.224 e. The Morgan fingerprint density at radius 2 is 2.16 bits per heavy atom. The molecule has 0 aromatic heterocycles. The largest absolute Gasteiger partial charge is 0.349 e. The molecule has 2 N–H and O–H groups in total. The van der Waals surface area contributed by atoms with Crippen molar-refractivity contribution < 1.29 is 4.79 Å². The van der Waals surface area contributed by atoms with Crippen LogP contribution in [-0.2, 0) is 4.79 Å². The predicted octanol–water partition coefficient (Wildman–Crippen LogP) is 2.68. The fourth-order valence-corrected chi connectivity index (χ4v) is 2.47. The van der Waals surface area contributed by atoms with E-state index >= 15 is 0 Å². The number of carbonyl (C=O) groups is 1. The number of amides is 1. The quantitative estimate of drug-likeness (QED) is 0.891. The Morgan fingerprint density at radius 3 is 2.74 bits per heavy atom. The fraction of sp³-hybridized carbons (Fsp3) is 0.533. The van der Waals surface area contributed by atoms with Crippen LogP contribution in [0.15, 0.2) is 30.3 Å². The number of halogens is 1. The molecule has 1 fully saturated rings. The van der Waals surface area contributed by atoms with Crippen LogP contribution in [0, 0.1) is 5.92 Å². The first-order valence-electron chi connectivity index (χ1n) is 6.87. The smallest absolute Gasteiger partial charge is 0.224 e. The molecule has 2 unspecified atom stereocenters. The molecular weight excluding hydrogens is 260 g/mol. The molecule has 2 rings (SSSR count). The number of piperidine rings is 1. The van der Waals surface area contributed by atoms with Gasteiger partial charge in [-0.2, -0.15) is 0 Å². The number of hydrogen-bond donors (Lipinski definition) is 2. The summed E-state index contributed by atoms with van der Waals surface area (Å²) >= 11 is 0. The summed E-state index contributed by atoms with van der Waals surface area (Å²) in [7, 11) is 0. The first-order chi connectivity index (χ1) is 8.81. The topological polar surface area (TPSA) is 41.1 Å². The van der Waals surface area contributed by atoms with Crippen LogP contribution in [-0.4, -0.2) is 19.0 Å². The number of rotatable bonds is 4. The van der Waals surface area contributed by atoms with Gasteiger partial charge in [0.15, 0.2) is 0 Å². The van der Waals surface area contributed by atoms with E-state index in [9.17, 15) is 4.79 Å². The Labute approximate surface area is 121 Å². The third-order valence-electron chi connectivity index (χ3n) is 3.59. The number of hydrogen-bond acceptors (Lipinski definition) is 2. The monoisotopic (exact) mass is 282 g/mol. The van der Waals surface area contributed by atoms with Crippen LogP contribution in [0.1, 0.15) is 37.8 Å². The minimum atomic E-state index is 0. The summed E-state index contributed by atoms with van der Waals surface area (Å²) in [5.41, 5.74) is 1.19. The van der Waals surface area contributed by atoms with Gasteiger partial charge in [-0.05, 0) is 31.4 Å². The van der Waals surface area contributed by atoms with Gasteiger partial charge in [0.05, 0.1) is 12.0 Å². The Hall–Kier alpha value is -1.06. The van der Waals surface area contributed by atoms with Crippen molar-refractivity contribution in [2.45, 2.75) is 32.2 Å². The van der Waals surface area contributed by atoms with E-state index in [-0.39, 0.29) is 30.3 Å². The van der Waals surface area contributed by atoms with Gasteiger partial charge in [-0.1, -0.05) is 37.3 Å². The van der Waals surface area contributed by atoms with Crippen molar-refractivity contribution in [1.29, 1.82) is 0 Å². The summed E-state index contributed by atoms with van der Waals surface area (Å²) in [5, 5.41) is 6.46. The van der Waals surface area contributed by atoms with Gasteiger partial charge < -0.3 is 10.6 Å². The number of nitrogens with one attached hydrogen (secondary N) is 2. The zero-order valence-corrected chi connectivity index (χ0v) is 12.2. The molecule has 0 aliphatic carbocycles. The van der Waals surface area contributed by atoms with Crippen molar-refractivity contribution in [3.8, 4) is 0 Å². The molecule has 3 nitrogen and oxygen atoms in total. The third kappa shape index (κ3) is 4.51. The molecule has 1 aliphatic heterocycles. The van der Waals surface area contributed by atoms with E-state index in [2.05, 4.69) is 29.7 Å². The Balaban J connectivity index is 0.00000180. The lowest BCUT2D eigenvalue weighted by Gasteiger charge is -2.25. The molecule has 0 bridgehead atoms. The van der Waals surface area contributed by atoms with Crippen LogP contribution in [0.25, 0.3) is 0 Å². The van der Waals surface area contributed by atoms with Gasteiger partial charge in [0.2, 0.25) is 5.91 Å². The maximum atomic E-state index is 12.2. The normalized spacial score (nSPS) is 20.2. The SMILES string of the molecule is CCC(NC(=O)C1CCCNC1)c1ccccc1.Cl. The highest BCUT2D eigenvalue weighted by molar-refractivity contribution is 5.85. The Kier molecular flexibility index (Phi) is 6.89. The number of benzene rings is 1. The van der Waals surface area contributed by atoms with Crippen LogP contribution < -0.4 is 10.6 Å². The zero-order chi connectivity index (χ0) is 12.8. The Bertz CT molecular complexity index is 377. The molecule has 0 radical (unpaired) electrons. The second-order valence-electron chi connectivity index (χ2n) is 4.92. The second kappa shape index (κ2) is 8.18. The fourth-order valence-electron chi connectivity index (χ4n) is 2.47. The van der Waals surface area contributed by atoms with E-state index in [1.807, 2.05) is 18.2 Å². The lowest BCUT2D eigenvalue weighted by molar-refractivity contribution is -0.126. The highest BCUT2D eigenvalue weighted by Crippen LogP contribution is 2.18. The highest BCUT2D eigenvalue weighted by atomic mass is 35.5. The lowest BCUT2D eigenvalue weighted by atomic mass is 9.97. The molecule has 1 aliphatic rings. The molecule has 106 valence electrons. The third-order valence-corrected chi connectivity index (χ3v) is 3.59. The summed E-state index contributed by atoms with van der Waals surface area (Å²) in [6.45, 7) is 3.97. The highest BCUT2D eigenvalue weighted by Gasteiger charge is 2.23. The first kappa shape index (κ1) is 16.0. The van der Waals surface area contributed by atoms with Crippen LogP contribution in [0.3, 0.4) is 0 Å². The van der Waals surface area contributed by atoms with Gasteiger partial charge in [0.1, 0.15) is 0 Å². The summed E-state index contributed by atoms with van der Waals surface area (Å²) in [6, 6.07) is 10.3. The molecule has 1 aromatic carbocycles. The Morgan fingerprint density at radius 1 is 1.42 bits per heavy atom. The molecule has 19 heavy (non-hydrogen) atoms. The van der Waals surface area contributed by atoms with Crippen molar-refractivity contribution in [1.82, 2.24) is 10.6 Å². The summed E-state index contributed by atoms with van der Waals surface area (Å²) in [6.07, 6.45) is 3.03. The molecule has 1 heterocycles. The average molecular weight is 283 g/mol. The number of carbonyl (C=O) groups excluding carboxylic acids is 1. The summed E-state index contributed by atoms with van der Waals surface area (Å²) in [4.78, 5) is 12.2. The van der Waals surface area contributed by atoms with Crippen molar-refractivity contribution in [3.05, 3.63) is 35.9 Å². The van der Waals surface area contributed by atoms with Crippen molar-refractivity contribution >= 4 is 18.3 Å². The van der Waals surface area contributed by atoms with E-state index in [4.69, 9.17) is 0 Å². The van der Waals surface area contributed by atoms with Gasteiger partial charge >= 0.3 is 0 Å². The van der Waals surface area contributed by atoms with Crippen molar-refractivity contribution in [3.63, 3.8) is 0 Å².